The van der Waals surface area contributed by atoms with E-state index < -0.39 is 6.10 Å². The molecule has 7 heteroatoms. The van der Waals surface area contributed by atoms with Crippen molar-refractivity contribution in [1.82, 2.24) is 10.1 Å². The van der Waals surface area contributed by atoms with Crippen molar-refractivity contribution in [3.63, 3.8) is 0 Å². The van der Waals surface area contributed by atoms with Crippen LogP contribution in [0.1, 0.15) is 18.4 Å². The number of phenols is 1. The predicted molar refractivity (Wildman–Crippen MR) is 66.6 cm³/mol. The van der Waals surface area contributed by atoms with Crippen LogP contribution in [-0.2, 0) is 0 Å². The molecule has 0 aliphatic carbocycles. The summed E-state index contributed by atoms with van der Waals surface area (Å²) < 4.78 is 9.97. The van der Waals surface area contributed by atoms with Gasteiger partial charge in [0, 0.05) is 5.56 Å². The van der Waals surface area contributed by atoms with E-state index in [9.17, 15) is 10.2 Å². The summed E-state index contributed by atoms with van der Waals surface area (Å²) in [6.07, 6.45) is -0.522. The molecule has 0 aliphatic rings. The molecule has 19 heavy (non-hydrogen) atoms. The maximum absolute atomic E-state index is 9.68. The molecule has 1 heterocycles. The van der Waals surface area contributed by atoms with Crippen LogP contribution in [0.5, 0.6) is 11.5 Å². The Morgan fingerprint density at radius 3 is 2.95 bits per heavy atom. The highest BCUT2D eigenvalue weighted by Gasteiger charge is 2.17. The first kappa shape index (κ1) is 13.3. The molecule has 0 bridgehead atoms. The van der Waals surface area contributed by atoms with Gasteiger partial charge in [-0.2, -0.15) is 4.98 Å². The number of rotatable bonds is 5. The number of phenolic OH excluding ortho intramolecular Hbond substituents is 1. The summed E-state index contributed by atoms with van der Waals surface area (Å²) in [6, 6.07) is 4.68. The zero-order valence-corrected chi connectivity index (χ0v) is 10.4. The number of aromatic nitrogens is 2. The minimum Gasteiger partial charge on any atom is -0.504 e. The smallest absolute Gasteiger partial charge is 0.255 e. The second-order valence-corrected chi connectivity index (χ2v) is 3.94. The molecule has 0 saturated carbocycles. The molecule has 102 valence electrons. The largest absolute Gasteiger partial charge is 0.504 e. The van der Waals surface area contributed by atoms with Crippen LogP contribution in [0.2, 0.25) is 0 Å². The van der Waals surface area contributed by atoms with E-state index in [-0.39, 0.29) is 11.6 Å². The van der Waals surface area contributed by atoms with Gasteiger partial charge in [0.15, 0.2) is 11.5 Å². The Bertz CT molecular complexity index is 556. The highest BCUT2D eigenvalue weighted by atomic mass is 16.5. The van der Waals surface area contributed by atoms with Crippen LogP contribution in [0.3, 0.4) is 0 Å². The molecule has 2 aromatic rings. The second-order valence-electron chi connectivity index (χ2n) is 3.94. The Morgan fingerprint density at radius 1 is 1.47 bits per heavy atom. The normalized spacial score (nSPS) is 12.4. The van der Waals surface area contributed by atoms with E-state index in [1.54, 1.807) is 12.1 Å². The number of aliphatic hydroxyl groups excluding tert-OH is 1. The van der Waals surface area contributed by atoms with Crippen LogP contribution in [0.15, 0.2) is 22.7 Å². The van der Waals surface area contributed by atoms with Crippen molar-refractivity contribution in [2.45, 2.75) is 12.5 Å². The molecule has 0 radical (unpaired) electrons. The summed E-state index contributed by atoms with van der Waals surface area (Å²) in [5, 5.41) is 23.0. The summed E-state index contributed by atoms with van der Waals surface area (Å²) in [5.41, 5.74) is 5.96. The number of ether oxygens (including phenoxy) is 1. The number of methoxy groups -OCH3 is 1. The summed E-state index contributed by atoms with van der Waals surface area (Å²) in [7, 11) is 1.45. The molecule has 4 N–H and O–H groups in total. The van der Waals surface area contributed by atoms with E-state index in [0.29, 0.717) is 30.1 Å². The average Bonchev–Trinajstić information content (AvgIpc) is 2.89. The van der Waals surface area contributed by atoms with Crippen molar-refractivity contribution in [1.29, 1.82) is 0 Å². The fraction of sp³-hybridized carbons (Fsp3) is 0.333. The number of nitrogens with zero attached hydrogens (tertiary/aromatic N) is 2. The van der Waals surface area contributed by atoms with Gasteiger partial charge >= 0.3 is 0 Å². The number of aliphatic hydroxyl groups is 1. The molecule has 0 aliphatic heterocycles. The molecule has 0 spiro atoms. The fourth-order valence-electron chi connectivity index (χ4n) is 1.59. The minimum atomic E-state index is -0.870. The maximum Gasteiger partial charge on any atom is 0.255 e. The Balaban J connectivity index is 2.27. The van der Waals surface area contributed by atoms with Gasteiger partial charge in [-0.3, -0.25) is 0 Å². The Morgan fingerprint density at radius 2 is 2.26 bits per heavy atom. The third-order valence-electron chi connectivity index (χ3n) is 2.60. The van der Waals surface area contributed by atoms with Crippen molar-refractivity contribution in [2.75, 3.05) is 13.7 Å². The van der Waals surface area contributed by atoms with E-state index in [1.807, 2.05) is 0 Å². The van der Waals surface area contributed by atoms with Crippen molar-refractivity contribution < 1.29 is 19.5 Å². The Kier molecular flexibility index (Phi) is 3.98. The summed E-state index contributed by atoms with van der Waals surface area (Å²) in [5.74, 6) is 0.765. The van der Waals surface area contributed by atoms with Crippen LogP contribution < -0.4 is 10.5 Å². The molecule has 2 rings (SSSR count). The lowest BCUT2D eigenvalue weighted by atomic mass is 10.2. The lowest BCUT2D eigenvalue weighted by Gasteiger charge is -2.03. The van der Waals surface area contributed by atoms with Gasteiger partial charge in [0.25, 0.3) is 5.89 Å². The summed E-state index contributed by atoms with van der Waals surface area (Å²) >= 11 is 0. The van der Waals surface area contributed by atoms with E-state index in [2.05, 4.69) is 10.1 Å². The molecule has 1 aromatic carbocycles. The van der Waals surface area contributed by atoms with Crippen molar-refractivity contribution >= 4 is 0 Å². The first-order chi connectivity index (χ1) is 9.15. The molecular weight excluding hydrogens is 250 g/mol. The zero-order chi connectivity index (χ0) is 13.8. The second kappa shape index (κ2) is 5.68. The van der Waals surface area contributed by atoms with Crippen LogP contribution >= 0.6 is 0 Å². The highest BCUT2D eigenvalue weighted by Crippen LogP contribution is 2.30. The predicted octanol–water partition coefficient (Wildman–Crippen LogP) is 0.833. The van der Waals surface area contributed by atoms with Gasteiger partial charge in [-0.15, -0.1) is 0 Å². The zero-order valence-electron chi connectivity index (χ0n) is 10.4. The Labute approximate surface area is 109 Å². The third kappa shape index (κ3) is 2.83. The minimum absolute atomic E-state index is 0.0261. The fourth-order valence-corrected chi connectivity index (χ4v) is 1.59. The number of hydrogen-bond donors (Lipinski definition) is 3. The standard InChI is InChI=1S/C12H15N3O4/c1-18-10-6-7(2-3-8(10)16)11-14-12(19-15-11)9(17)4-5-13/h2-3,6,9,16-17H,4-5,13H2,1H3/t9-/m0/s1. The monoisotopic (exact) mass is 265 g/mol. The lowest BCUT2D eigenvalue weighted by molar-refractivity contribution is 0.127. The molecule has 1 atom stereocenters. The van der Waals surface area contributed by atoms with Crippen LogP contribution in [-0.4, -0.2) is 34.0 Å². The van der Waals surface area contributed by atoms with Gasteiger partial charge in [-0.25, -0.2) is 0 Å². The van der Waals surface area contributed by atoms with Crippen molar-refractivity contribution in [2.24, 2.45) is 5.73 Å². The van der Waals surface area contributed by atoms with Crippen LogP contribution in [0.25, 0.3) is 11.4 Å². The van der Waals surface area contributed by atoms with Gasteiger partial charge in [-0.1, -0.05) is 5.16 Å². The van der Waals surface area contributed by atoms with Gasteiger partial charge in [-0.05, 0) is 31.2 Å². The topological polar surface area (TPSA) is 115 Å². The average molecular weight is 265 g/mol. The quantitative estimate of drug-likeness (QED) is 0.733. The number of hydrogen-bond acceptors (Lipinski definition) is 7. The molecule has 0 amide bonds. The van der Waals surface area contributed by atoms with Crippen LogP contribution in [0.4, 0.5) is 0 Å². The number of nitrogens with two attached hydrogens (primary N) is 1. The van der Waals surface area contributed by atoms with E-state index in [4.69, 9.17) is 15.0 Å². The summed E-state index contributed by atoms with van der Waals surface area (Å²) in [4.78, 5) is 4.08. The van der Waals surface area contributed by atoms with Gasteiger partial charge in [0.1, 0.15) is 6.10 Å². The molecule has 0 unspecified atom stereocenters. The van der Waals surface area contributed by atoms with E-state index >= 15 is 0 Å². The molecule has 0 fully saturated rings. The first-order valence-corrected chi connectivity index (χ1v) is 5.74. The SMILES string of the molecule is COc1cc(-c2noc([C@@H](O)CCN)n2)ccc1O. The molecule has 7 nitrogen and oxygen atoms in total. The van der Waals surface area contributed by atoms with Crippen molar-refractivity contribution in [3.05, 3.63) is 24.1 Å². The van der Waals surface area contributed by atoms with Crippen molar-refractivity contribution in [3.8, 4) is 22.9 Å². The maximum atomic E-state index is 9.68. The molecule has 0 saturated heterocycles. The van der Waals surface area contributed by atoms with E-state index in [0.717, 1.165) is 0 Å². The summed E-state index contributed by atoms with van der Waals surface area (Å²) in [6.45, 7) is 0.325. The molecule has 1 aromatic heterocycles. The van der Waals surface area contributed by atoms with Gasteiger partial charge in [0.2, 0.25) is 5.82 Å². The number of aromatic hydroxyl groups is 1. The lowest BCUT2D eigenvalue weighted by Crippen LogP contribution is -2.06. The highest BCUT2D eigenvalue weighted by molar-refractivity contribution is 5.60. The molecular formula is C12H15N3O4. The third-order valence-corrected chi connectivity index (χ3v) is 2.60. The van der Waals surface area contributed by atoms with Gasteiger partial charge < -0.3 is 25.2 Å². The Hall–Kier alpha value is -2.12. The first-order valence-electron chi connectivity index (χ1n) is 5.74. The van der Waals surface area contributed by atoms with Crippen LogP contribution in [0, 0.1) is 0 Å². The number of benzene rings is 1. The van der Waals surface area contributed by atoms with Gasteiger partial charge in [0.05, 0.1) is 7.11 Å². The van der Waals surface area contributed by atoms with E-state index in [1.165, 1.54) is 13.2 Å².